The molecule has 0 unspecified atom stereocenters. The summed E-state index contributed by atoms with van der Waals surface area (Å²) in [4.78, 5) is 12.0. The van der Waals surface area contributed by atoms with Crippen LogP contribution in [0, 0.1) is 12.7 Å². The van der Waals surface area contributed by atoms with E-state index in [0.29, 0.717) is 6.54 Å². The molecule has 3 aromatic rings. The Bertz CT molecular complexity index is 859. The molecule has 5 nitrogen and oxygen atoms in total. The van der Waals surface area contributed by atoms with E-state index in [2.05, 4.69) is 15.8 Å². The molecule has 0 bridgehead atoms. The maximum atomic E-state index is 13.5. The number of benzene rings is 2. The minimum atomic E-state index is -0.446. The van der Waals surface area contributed by atoms with E-state index in [9.17, 15) is 9.18 Å². The number of amides is 1. The highest BCUT2D eigenvalue weighted by Crippen LogP contribution is 2.15. The SMILES string of the molecule is Cc1cc(CNc2ccc(CC(=O)Nc3ccccc3F)cc2)no1. The number of halogens is 1. The first-order valence-corrected chi connectivity index (χ1v) is 7.89. The predicted octanol–water partition coefficient (Wildman–Crippen LogP) is 3.92. The van der Waals surface area contributed by atoms with Crippen LogP contribution in [0.3, 0.4) is 0 Å². The second-order valence-electron chi connectivity index (χ2n) is 5.68. The van der Waals surface area contributed by atoms with Crippen LogP contribution in [0.25, 0.3) is 0 Å². The molecule has 0 radical (unpaired) electrons. The topological polar surface area (TPSA) is 67.2 Å². The molecule has 0 aliphatic carbocycles. The maximum absolute atomic E-state index is 13.5. The third-order valence-corrected chi connectivity index (χ3v) is 3.62. The second kappa shape index (κ2) is 7.61. The molecule has 1 amide bonds. The molecule has 25 heavy (non-hydrogen) atoms. The van der Waals surface area contributed by atoms with Crippen LogP contribution in [0.15, 0.2) is 59.1 Å². The highest BCUT2D eigenvalue weighted by atomic mass is 19.1. The van der Waals surface area contributed by atoms with Gasteiger partial charge < -0.3 is 15.2 Å². The van der Waals surface area contributed by atoms with Crippen LogP contribution >= 0.6 is 0 Å². The number of nitrogens with one attached hydrogen (secondary N) is 2. The largest absolute Gasteiger partial charge is 0.379 e. The minimum Gasteiger partial charge on any atom is -0.379 e. The monoisotopic (exact) mass is 339 g/mol. The molecule has 0 aliphatic heterocycles. The van der Waals surface area contributed by atoms with Gasteiger partial charge >= 0.3 is 0 Å². The molecule has 1 heterocycles. The van der Waals surface area contributed by atoms with Crippen molar-refractivity contribution in [2.75, 3.05) is 10.6 Å². The van der Waals surface area contributed by atoms with Crippen LogP contribution < -0.4 is 10.6 Å². The number of carbonyl (C=O) groups is 1. The van der Waals surface area contributed by atoms with E-state index < -0.39 is 5.82 Å². The van der Waals surface area contributed by atoms with Crippen molar-refractivity contribution in [3.63, 3.8) is 0 Å². The lowest BCUT2D eigenvalue weighted by atomic mass is 10.1. The van der Waals surface area contributed by atoms with Crippen molar-refractivity contribution in [2.45, 2.75) is 19.9 Å². The molecule has 128 valence electrons. The summed E-state index contributed by atoms with van der Waals surface area (Å²) in [6.45, 7) is 2.40. The van der Waals surface area contributed by atoms with Crippen molar-refractivity contribution in [1.29, 1.82) is 0 Å². The van der Waals surface area contributed by atoms with E-state index in [1.165, 1.54) is 12.1 Å². The molecular formula is C19H18FN3O2. The lowest BCUT2D eigenvalue weighted by Crippen LogP contribution is -2.15. The van der Waals surface area contributed by atoms with Crippen molar-refractivity contribution in [3.8, 4) is 0 Å². The van der Waals surface area contributed by atoms with Crippen molar-refractivity contribution in [3.05, 3.63) is 77.4 Å². The quantitative estimate of drug-likeness (QED) is 0.714. The summed E-state index contributed by atoms with van der Waals surface area (Å²) in [6, 6.07) is 15.5. The first kappa shape index (κ1) is 16.7. The zero-order valence-corrected chi connectivity index (χ0v) is 13.8. The van der Waals surface area contributed by atoms with E-state index >= 15 is 0 Å². The number of aromatic nitrogens is 1. The molecule has 2 N–H and O–H groups in total. The Balaban J connectivity index is 1.53. The van der Waals surface area contributed by atoms with Gasteiger partial charge in [0.15, 0.2) is 0 Å². The third kappa shape index (κ3) is 4.67. The number of carbonyl (C=O) groups excluding carboxylic acids is 1. The Kier molecular flexibility index (Phi) is 5.09. The number of anilines is 2. The van der Waals surface area contributed by atoms with Gasteiger partial charge in [-0.2, -0.15) is 0 Å². The van der Waals surface area contributed by atoms with Gasteiger partial charge in [-0.3, -0.25) is 4.79 Å². The molecule has 0 aliphatic rings. The Morgan fingerprint density at radius 3 is 2.60 bits per heavy atom. The van der Waals surface area contributed by atoms with Crippen LogP contribution in [-0.2, 0) is 17.8 Å². The zero-order valence-electron chi connectivity index (χ0n) is 13.8. The van der Waals surface area contributed by atoms with Gasteiger partial charge in [0.25, 0.3) is 0 Å². The van der Waals surface area contributed by atoms with Gasteiger partial charge in [-0.1, -0.05) is 29.4 Å². The van der Waals surface area contributed by atoms with Crippen LogP contribution in [0.4, 0.5) is 15.8 Å². The summed E-state index contributed by atoms with van der Waals surface area (Å²) in [5.41, 5.74) is 2.77. The van der Waals surface area contributed by atoms with Crippen molar-refractivity contribution >= 4 is 17.3 Å². The summed E-state index contributed by atoms with van der Waals surface area (Å²) in [5.74, 6) is 0.0652. The molecule has 0 saturated carbocycles. The summed E-state index contributed by atoms with van der Waals surface area (Å²) >= 11 is 0. The molecule has 2 aromatic carbocycles. The summed E-state index contributed by atoms with van der Waals surface area (Å²) in [5, 5.41) is 9.72. The van der Waals surface area contributed by atoms with Crippen LogP contribution in [0.1, 0.15) is 17.0 Å². The molecule has 3 rings (SSSR count). The molecule has 0 saturated heterocycles. The van der Waals surface area contributed by atoms with E-state index in [1.54, 1.807) is 12.1 Å². The number of hydrogen-bond acceptors (Lipinski definition) is 4. The summed E-state index contributed by atoms with van der Waals surface area (Å²) in [6.07, 6.45) is 0.178. The Hall–Kier alpha value is -3.15. The van der Waals surface area contributed by atoms with Crippen LogP contribution in [0.5, 0.6) is 0 Å². The lowest BCUT2D eigenvalue weighted by molar-refractivity contribution is -0.115. The fourth-order valence-electron chi connectivity index (χ4n) is 2.38. The first-order valence-electron chi connectivity index (χ1n) is 7.89. The molecule has 0 spiro atoms. The number of nitrogens with zero attached hydrogens (tertiary/aromatic N) is 1. The van der Waals surface area contributed by atoms with E-state index in [-0.39, 0.29) is 18.0 Å². The molecule has 6 heteroatoms. The van der Waals surface area contributed by atoms with Gasteiger partial charge in [-0.15, -0.1) is 0 Å². The number of para-hydroxylation sites is 1. The number of aryl methyl sites for hydroxylation is 1. The van der Waals surface area contributed by atoms with E-state index in [0.717, 1.165) is 22.7 Å². The van der Waals surface area contributed by atoms with Crippen LogP contribution in [-0.4, -0.2) is 11.1 Å². The second-order valence-corrected chi connectivity index (χ2v) is 5.68. The summed E-state index contributed by atoms with van der Waals surface area (Å²) in [7, 11) is 0. The van der Waals surface area contributed by atoms with Gasteiger partial charge in [0.2, 0.25) is 5.91 Å². The highest BCUT2D eigenvalue weighted by molar-refractivity contribution is 5.92. The fraction of sp³-hybridized carbons (Fsp3) is 0.158. The molecular weight excluding hydrogens is 321 g/mol. The van der Waals surface area contributed by atoms with E-state index in [1.807, 2.05) is 37.3 Å². The Labute approximate surface area is 144 Å². The van der Waals surface area contributed by atoms with Gasteiger partial charge in [0.1, 0.15) is 17.3 Å². The third-order valence-electron chi connectivity index (χ3n) is 3.62. The maximum Gasteiger partial charge on any atom is 0.228 e. The standard InChI is InChI=1S/C19H18FN3O2/c1-13-10-16(23-25-13)12-21-15-8-6-14(7-9-15)11-19(24)22-18-5-3-2-4-17(18)20/h2-10,21H,11-12H2,1H3,(H,22,24). The molecule has 1 aromatic heterocycles. The van der Waals surface area contributed by atoms with Gasteiger partial charge in [-0.25, -0.2) is 4.39 Å². The molecule has 0 atom stereocenters. The normalized spacial score (nSPS) is 10.5. The summed E-state index contributed by atoms with van der Waals surface area (Å²) < 4.78 is 18.5. The first-order chi connectivity index (χ1) is 12.1. The van der Waals surface area contributed by atoms with E-state index in [4.69, 9.17) is 4.52 Å². The van der Waals surface area contributed by atoms with Gasteiger partial charge in [0.05, 0.1) is 18.7 Å². The molecule has 0 fully saturated rings. The average Bonchev–Trinajstić information content (AvgIpc) is 3.02. The number of rotatable bonds is 6. The van der Waals surface area contributed by atoms with Gasteiger partial charge in [-0.05, 0) is 36.8 Å². The van der Waals surface area contributed by atoms with Gasteiger partial charge in [0, 0.05) is 11.8 Å². The fourth-order valence-corrected chi connectivity index (χ4v) is 2.38. The lowest BCUT2D eigenvalue weighted by Gasteiger charge is -2.08. The average molecular weight is 339 g/mol. The van der Waals surface area contributed by atoms with Crippen molar-refractivity contribution < 1.29 is 13.7 Å². The smallest absolute Gasteiger partial charge is 0.228 e. The highest BCUT2D eigenvalue weighted by Gasteiger charge is 2.07. The Morgan fingerprint density at radius 2 is 1.92 bits per heavy atom. The van der Waals surface area contributed by atoms with Crippen molar-refractivity contribution in [1.82, 2.24) is 5.16 Å². The minimum absolute atomic E-state index is 0.178. The zero-order chi connectivity index (χ0) is 17.6. The van der Waals surface area contributed by atoms with Crippen LogP contribution in [0.2, 0.25) is 0 Å². The Morgan fingerprint density at radius 1 is 1.16 bits per heavy atom. The van der Waals surface area contributed by atoms with Crippen molar-refractivity contribution in [2.24, 2.45) is 0 Å². The number of hydrogen-bond donors (Lipinski definition) is 2. The predicted molar refractivity (Wildman–Crippen MR) is 93.7 cm³/mol.